The number of fused-ring (bicyclic) bond motifs is 1. The number of hydrogen-bond acceptors (Lipinski definition) is 4. The topological polar surface area (TPSA) is 64.4 Å². The number of carbonyl (C=O) groups excluding carboxylic acids is 1. The molecule has 1 heterocycles. The van der Waals surface area contributed by atoms with Gasteiger partial charge in [0, 0.05) is 13.0 Å². The number of amides is 1. The van der Waals surface area contributed by atoms with Gasteiger partial charge in [-0.3, -0.25) is 0 Å². The fraction of sp³-hybridized carbons (Fsp3) is 0.680. The molecule has 0 aliphatic heterocycles. The van der Waals surface area contributed by atoms with Gasteiger partial charge in [-0.15, -0.1) is 0 Å². The summed E-state index contributed by atoms with van der Waals surface area (Å²) >= 11 is 0. The average Bonchev–Trinajstić information content (AvgIpc) is 3.08. The maximum atomic E-state index is 11.7. The van der Waals surface area contributed by atoms with E-state index in [1.807, 2.05) is 26.8 Å². The van der Waals surface area contributed by atoms with Crippen LogP contribution in [0.2, 0.25) is 0 Å². The van der Waals surface area contributed by atoms with Crippen molar-refractivity contribution in [3.63, 3.8) is 0 Å². The summed E-state index contributed by atoms with van der Waals surface area (Å²) in [5, 5.41) is 2.77. The van der Waals surface area contributed by atoms with Crippen molar-refractivity contribution in [1.29, 1.82) is 0 Å². The maximum Gasteiger partial charge on any atom is 0.407 e. The van der Waals surface area contributed by atoms with Crippen LogP contribution >= 0.6 is 0 Å². The van der Waals surface area contributed by atoms with E-state index in [-0.39, 0.29) is 6.09 Å². The molecule has 0 bridgehead atoms. The summed E-state index contributed by atoms with van der Waals surface area (Å²) in [5.41, 5.74) is 2.63. The monoisotopic (exact) mass is 416 g/mol. The van der Waals surface area contributed by atoms with Crippen LogP contribution in [0.3, 0.4) is 0 Å². The van der Waals surface area contributed by atoms with Gasteiger partial charge in [0.15, 0.2) is 11.5 Å². The zero-order valence-corrected chi connectivity index (χ0v) is 19.4. The Hall–Kier alpha value is -2.04. The quantitative estimate of drug-likeness (QED) is 0.358. The minimum absolute atomic E-state index is 0.384. The second kappa shape index (κ2) is 12.6. The molecule has 2 aromatic rings. The summed E-state index contributed by atoms with van der Waals surface area (Å²) in [5.74, 6) is 0.722. The summed E-state index contributed by atoms with van der Waals surface area (Å²) in [7, 11) is 0. The molecule has 168 valence electrons. The largest absolute Gasteiger partial charge is 0.444 e. The molecule has 1 amide bonds. The van der Waals surface area contributed by atoms with Crippen molar-refractivity contribution in [2.24, 2.45) is 0 Å². The first-order valence-corrected chi connectivity index (χ1v) is 11.7. The van der Waals surface area contributed by atoms with Crippen LogP contribution in [0.15, 0.2) is 22.6 Å². The fourth-order valence-corrected chi connectivity index (χ4v) is 3.49. The second-order valence-corrected chi connectivity index (χ2v) is 9.17. The molecule has 0 aliphatic carbocycles. The molecule has 0 spiro atoms. The Morgan fingerprint density at radius 1 is 1.00 bits per heavy atom. The first kappa shape index (κ1) is 24.2. The first-order valence-electron chi connectivity index (χ1n) is 11.7. The van der Waals surface area contributed by atoms with Gasteiger partial charge < -0.3 is 14.5 Å². The number of oxazole rings is 1. The average molecular weight is 417 g/mol. The highest BCUT2D eigenvalue weighted by molar-refractivity contribution is 5.73. The highest BCUT2D eigenvalue weighted by atomic mass is 16.6. The lowest BCUT2D eigenvalue weighted by molar-refractivity contribution is 0.0527. The Morgan fingerprint density at radius 3 is 2.40 bits per heavy atom. The smallest absolute Gasteiger partial charge is 0.407 e. The van der Waals surface area contributed by atoms with Crippen LogP contribution in [-0.2, 0) is 17.6 Å². The molecule has 0 atom stereocenters. The van der Waals surface area contributed by atoms with Crippen LogP contribution in [0.4, 0.5) is 4.79 Å². The van der Waals surface area contributed by atoms with E-state index < -0.39 is 5.60 Å². The molecule has 2 rings (SSSR count). The molecule has 0 radical (unpaired) electrons. The van der Waals surface area contributed by atoms with Gasteiger partial charge >= 0.3 is 6.09 Å². The third-order valence-electron chi connectivity index (χ3n) is 5.05. The Kier molecular flexibility index (Phi) is 10.2. The molecule has 0 aliphatic rings. The van der Waals surface area contributed by atoms with Crippen molar-refractivity contribution in [3.05, 3.63) is 29.7 Å². The van der Waals surface area contributed by atoms with Crippen molar-refractivity contribution < 1.29 is 13.9 Å². The number of unbranched alkanes of at least 4 members (excludes halogenated alkanes) is 7. The number of nitrogens with one attached hydrogen (secondary N) is 1. The van der Waals surface area contributed by atoms with E-state index in [0.29, 0.717) is 13.0 Å². The number of hydrogen-bond donors (Lipinski definition) is 1. The third kappa shape index (κ3) is 9.64. The summed E-state index contributed by atoms with van der Waals surface area (Å²) in [6.45, 7) is 8.37. The van der Waals surface area contributed by atoms with Crippen molar-refractivity contribution in [2.75, 3.05) is 6.54 Å². The minimum atomic E-state index is -0.475. The molecular formula is C25H40N2O3. The Bertz CT molecular complexity index is 761. The Morgan fingerprint density at radius 2 is 1.70 bits per heavy atom. The molecule has 30 heavy (non-hydrogen) atoms. The van der Waals surface area contributed by atoms with Crippen LogP contribution in [-0.4, -0.2) is 23.2 Å². The number of alkyl carbamates (subject to hydrolysis) is 1. The van der Waals surface area contributed by atoms with Gasteiger partial charge in [-0.2, -0.15) is 0 Å². The highest BCUT2D eigenvalue weighted by Gasteiger charge is 2.15. The second-order valence-electron chi connectivity index (χ2n) is 9.17. The van der Waals surface area contributed by atoms with E-state index in [1.165, 1.54) is 56.9 Å². The molecule has 0 saturated carbocycles. The molecule has 1 N–H and O–H groups in total. The summed E-state index contributed by atoms with van der Waals surface area (Å²) in [6, 6.07) is 6.34. The number of carbonyl (C=O) groups is 1. The summed E-state index contributed by atoms with van der Waals surface area (Å²) in [6.07, 6.45) is 12.9. The van der Waals surface area contributed by atoms with Gasteiger partial charge in [-0.05, 0) is 57.7 Å². The van der Waals surface area contributed by atoms with E-state index in [1.54, 1.807) is 0 Å². The van der Waals surface area contributed by atoms with Crippen LogP contribution in [0.25, 0.3) is 11.1 Å². The number of rotatable bonds is 13. The number of aromatic nitrogens is 1. The van der Waals surface area contributed by atoms with Crippen molar-refractivity contribution in [1.82, 2.24) is 10.3 Å². The fourth-order valence-electron chi connectivity index (χ4n) is 3.49. The van der Waals surface area contributed by atoms with E-state index in [2.05, 4.69) is 29.4 Å². The molecule has 5 heteroatoms. The Balaban J connectivity index is 1.68. The van der Waals surface area contributed by atoms with Crippen LogP contribution in [0, 0.1) is 0 Å². The highest BCUT2D eigenvalue weighted by Crippen LogP contribution is 2.20. The SMILES string of the molecule is CCCCCCCCCCc1ccc2oc(CCCNC(=O)OC(C)(C)C)nc2c1. The van der Waals surface area contributed by atoms with Gasteiger partial charge in [0.1, 0.15) is 11.1 Å². The molecule has 0 fully saturated rings. The van der Waals surface area contributed by atoms with Gasteiger partial charge in [-0.1, -0.05) is 57.9 Å². The van der Waals surface area contributed by atoms with Gasteiger partial charge in [-0.25, -0.2) is 9.78 Å². The zero-order chi connectivity index (χ0) is 21.8. The molecule has 1 aromatic heterocycles. The van der Waals surface area contributed by atoms with Gasteiger partial charge in [0.25, 0.3) is 0 Å². The van der Waals surface area contributed by atoms with E-state index in [4.69, 9.17) is 9.15 Å². The molecule has 0 unspecified atom stereocenters. The number of nitrogens with zero attached hydrogens (tertiary/aromatic N) is 1. The van der Waals surface area contributed by atoms with Crippen LogP contribution < -0.4 is 5.32 Å². The predicted octanol–water partition coefficient (Wildman–Crippen LogP) is 6.97. The molecular weight excluding hydrogens is 376 g/mol. The van der Waals surface area contributed by atoms with Crippen LogP contribution in [0.5, 0.6) is 0 Å². The summed E-state index contributed by atoms with van der Waals surface area (Å²) < 4.78 is 11.1. The number of ether oxygens (including phenoxy) is 1. The standard InChI is InChI=1S/C25H40N2O3/c1-5-6-7-8-9-10-11-12-14-20-16-17-22-21(19-20)27-23(29-22)15-13-18-26-24(28)30-25(2,3)4/h16-17,19H,5-15,18H2,1-4H3,(H,26,28). The molecule has 1 aromatic carbocycles. The lowest BCUT2D eigenvalue weighted by Gasteiger charge is -2.19. The predicted molar refractivity (Wildman–Crippen MR) is 123 cm³/mol. The maximum absolute atomic E-state index is 11.7. The normalized spacial score (nSPS) is 11.7. The summed E-state index contributed by atoms with van der Waals surface area (Å²) in [4.78, 5) is 16.3. The molecule has 5 nitrogen and oxygen atoms in total. The first-order chi connectivity index (χ1) is 14.4. The van der Waals surface area contributed by atoms with E-state index >= 15 is 0 Å². The van der Waals surface area contributed by atoms with Crippen molar-refractivity contribution in [3.8, 4) is 0 Å². The third-order valence-corrected chi connectivity index (χ3v) is 5.05. The van der Waals surface area contributed by atoms with Crippen LogP contribution in [0.1, 0.15) is 96.9 Å². The minimum Gasteiger partial charge on any atom is -0.444 e. The van der Waals surface area contributed by atoms with E-state index in [9.17, 15) is 4.79 Å². The number of benzene rings is 1. The number of aryl methyl sites for hydroxylation is 2. The lowest BCUT2D eigenvalue weighted by Crippen LogP contribution is -2.33. The lowest BCUT2D eigenvalue weighted by atomic mass is 10.0. The van der Waals surface area contributed by atoms with Crippen molar-refractivity contribution >= 4 is 17.2 Å². The molecule has 0 saturated heterocycles. The Labute approximate surface area is 182 Å². The van der Waals surface area contributed by atoms with Gasteiger partial charge in [0.05, 0.1) is 0 Å². The van der Waals surface area contributed by atoms with Crippen molar-refractivity contribution in [2.45, 2.75) is 104 Å². The van der Waals surface area contributed by atoms with Gasteiger partial charge in [0.2, 0.25) is 0 Å². The zero-order valence-electron chi connectivity index (χ0n) is 19.4. The van der Waals surface area contributed by atoms with E-state index in [0.717, 1.165) is 29.8 Å².